The molecule has 0 aliphatic rings. The van der Waals surface area contributed by atoms with Crippen molar-refractivity contribution in [1.82, 2.24) is 20.4 Å². The van der Waals surface area contributed by atoms with Gasteiger partial charge in [-0.3, -0.25) is 4.79 Å². The molecule has 0 spiro atoms. The molecule has 0 saturated heterocycles. The molecule has 30 heavy (non-hydrogen) atoms. The van der Waals surface area contributed by atoms with E-state index in [0.29, 0.717) is 23.9 Å². The first-order chi connectivity index (χ1) is 14.5. The van der Waals surface area contributed by atoms with E-state index in [4.69, 9.17) is 4.42 Å². The van der Waals surface area contributed by atoms with Gasteiger partial charge in [0, 0.05) is 24.6 Å². The van der Waals surface area contributed by atoms with Crippen LogP contribution >= 0.6 is 0 Å². The van der Waals surface area contributed by atoms with Crippen LogP contribution in [-0.2, 0) is 0 Å². The van der Waals surface area contributed by atoms with Gasteiger partial charge in [0.2, 0.25) is 11.8 Å². The second-order valence-corrected chi connectivity index (χ2v) is 7.37. The van der Waals surface area contributed by atoms with Gasteiger partial charge in [0.1, 0.15) is 0 Å². The van der Waals surface area contributed by atoms with Crippen molar-refractivity contribution in [2.75, 3.05) is 26.2 Å². The molecule has 0 unspecified atom stereocenters. The van der Waals surface area contributed by atoms with Crippen LogP contribution in [0.4, 0.5) is 0 Å². The average molecular weight is 407 g/mol. The molecule has 0 atom stereocenters. The van der Waals surface area contributed by atoms with Gasteiger partial charge in [0.15, 0.2) is 0 Å². The minimum Gasteiger partial charge on any atom is -0.421 e. The van der Waals surface area contributed by atoms with E-state index in [0.717, 1.165) is 48.3 Å². The monoisotopic (exact) mass is 406 g/mol. The van der Waals surface area contributed by atoms with E-state index >= 15 is 0 Å². The lowest BCUT2D eigenvalue weighted by molar-refractivity contribution is 0.0952. The summed E-state index contributed by atoms with van der Waals surface area (Å²) in [7, 11) is 0. The molecule has 0 aliphatic carbocycles. The Kier molecular flexibility index (Phi) is 7.36. The number of nitrogens with zero attached hydrogens (tertiary/aromatic N) is 3. The maximum absolute atomic E-state index is 12.4. The largest absolute Gasteiger partial charge is 0.421 e. The number of carbonyl (C=O) groups is 1. The fraction of sp³-hybridized carbons (Fsp3) is 0.375. The van der Waals surface area contributed by atoms with Gasteiger partial charge in [-0.05, 0) is 73.9 Å². The first-order valence-electron chi connectivity index (χ1n) is 10.5. The van der Waals surface area contributed by atoms with Crippen LogP contribution in [-0.4, -0.2) is 47.2 Å². The molecule has 3 rings (SSSR count). The summed E-state index contributed by atoms with van der Waals surface area (Å²) in [4.78, 5) is 14.8. The summed E-state index contributed by atoms with van der Waals surface area (Å²) in [5.74, 6) is 1.02. The molecule has 6 heteroatoms. The highest BCUT2D eigenvalue weighted by Gasteiger charge is 2.11. The standard InChI is InChI=1S/C24H30N4O2/c1-5-28(6-2)15-7-14-25-23(29)20-12-10-19(11-13-20)22-16-21(9-8-17(22)3)24-27-26-18(4)30-24/h8-13,16H,5-7,14-15H2,1-4H3,(H,25,29). The van der Waals surface area contributed by atoms with E-state index in [9.17, 15) is 4.79 Å². The van der Waals surface area contributed by atoms with Crippen molar-refractivity contribution in [2.24, 2.45) is 0 Å². The van der Waals surface area contributed by atoms with Crippen molar-refractivity contribution in [3.63, 3.8) is 0 Å². The van der Waals surface area contributed by atoms with Crippen LogP contribution in [0.5, 0.6) is 0 Å². The minimum atomic E-state index is -0.0343. The van der Waals surface area contributed by atoms with Crippen molar-refractivity contribution >= 4 is 5.91 Å². The summed E-state index contributed by atoms with van der Waals surface area (Å²) in [6.45, 7) is 11.9. The Balaban J connectivity index is 1.66. The molecular weight excluding hydrogens is 376 g/mol. The van der Waals surface area contributed by atoms with Gasteiger partial charge < -0.3 is 14.6 Å². The van der Waals surface area contributed by atoms with Crippen molar-refractivity contribution in [1.29, 1.82) is 0 Å². The summed E-state index contributed by atoms with van der Waals surface area (Å²) in [5.41, 5.74) is 4.82. The number of carbonyl (C=O) groups excluding carboxylic acids is 1. The topological polar surface area (TPSA) is 71.3 Å². The van der Waals surface area contributed by atoms with Gasteiger partial charge in [-0.2, -0.15) is 0 Å². The van der Waals surface area contributed by atoms with Crippen LogP contribution in [0, 0.1) is 13.8 Å². The van der Waals surface area contributed by atoms with Crippen LogP contribution in [0.15, 0.2) is 46.9 Å². The molecule has 2 aromatic carbocycles. The lowest BCUT2D eigenvalue weighted by atomic mass is 9.97. The Labute approximate surface area is 178 Å². The predicted molar refractivity (Wildman–Crippen MR) is 119 cm³/mol. The second kappa shape index (κ2) is 10.2. The number of nitrogens with one attached hydrogen (secondary N) is 1. The third-order valence-electron chi connectivity index (χ3n) is 5.30. The molecule has 0 saturated carbocycles. The normalized spacial score (nSPS) is 11.1. The SMILES string of the molecule is CCN(CC)CCCNC(=O)c1ccc(-c2cc(-c3nnc(C)o3)ccc2C)cc1. The second-order valence-electron chi connectivity index (χ2n) is 7.37. The molecule has 1 aromatic heterocycles. The molecule has 6 nitrogen and oxygen atoms in total. The van der Waals surface area contributed by atoms with E-state index < -0.39 is 0 Å². The number of hydrogen-bond donors (Lipinski definition) is 1. The number of aryl methyl sites for hydroxylation is 2. The first kappa shape index (κ1) is 21.7. The number of amides is 1. The highest BCUT2D eigenvalue weighted by molar-refractivity contribution is 5.94. The van der Waals surface area contributed by atoms with Gasteiger partial charge in [-0.15, -0.1) is 10.2 Å². The Morgan fingerprint density at radius 1 is 1.00 bits per heavy atom. The zero-order chi connectivity index (χ0) is 21.5. The summed E-state index contributed by atoms with van der Waals surface area (Å²) >= 11 is 0. The number of benzene rings is 2. The smallest absolute Gasteiger partial charge is 0.251 e. The molecule has 0 radical (unpaired) electrons. The third-order valence-corrected chi connectivity index (χ3v) is 5.30. The summed E-state index contributed by atoms with van der Waals surface area (Å²) in [6.07, 6.45) is 0.951. The quantitative estimate of drug-likeness (QED) is 0.531. The van der Waals surface area contributed by atoms with E-state index in [2.05, 4.69) is 41.2 Å². The average Bonchev–Trinajstić information content (AvgIpc) is 3.20. The summed E-state index contributed by atoms with van der Waals surface area (Å²) in [5, 5.41) is 11.0. The minimum absolute atomic E-state index is 0.0343. The first-order valence-corrected chi connectivity index (χ1v) is 10.5. The fourth-order valence-corrected chi connectivity index (χ4v) is 3.43. The fourth-order valence-electron chi connectivity index (χ4n) is 3.43. The molecule has 0 fully saturated rings. The van der Waals surface area contributed by atoms with Gasteiger partial charge in [-0.1, -0.05) is 32.0 Å². The lowest BCUT2D eigenvalue weighted by Gasteiger charge is -2.17. The maximum atomic E-state index is 12.4. The molecule has 1 amide bonds. The van der Waals surface area contributed by atoms with Gasteiger partial charge in [0.05, 0.1) is 0 Å². The maximum Gasteiger partial charge on any atom is 0.251 e. The zero-order valence-corrected chi connectivity index (χ0v) is 18.2. The van der Waals surface area contributed by atoms with Gasteiger partial charge >= 0.3 is 0 Å². The Hall–Kier alpha value is -2.99. The van der Waals surface area contributed by atoms with E-state index in [1.165, 1.54) is 0 Å². The molecule has 0 bridgehead atoms. The zero-order valence-electron chi connectivity index (χ0n) is 18.2. The molecule has 1 heterocycles. The molecular formula is C24H30N4O2. The van der Waals surface area contributed by atoms with Crippen LogP contribution in [0.25, 0.3) is 22.6 Å². The van der Waals surface area contributed by atoms with Gasteiger partial charge in [-0.25, -0.2) is 0 Å². The highest BCUT2D eigenvalue weighted by atomic mass is 16.4. The van der Waals surface area contributed by atoms with E-state index in [1.54, 1.807) is 6.92 Å². The summed E-state index contributed by atoms with van der Waals surface area (Å²) < 4.78 is 5.55. The van der Waals surface area contributed by atoms with E-state index in [1.807, 2.05) is 42.5 Å². The Morgan fingerprint density at radius 3 is 2.33 bits per heavy atom. The Morgan fingerprint density at radius 2 is 1.70 bits per heavy atom. The molecule has 3 aromatic rings. The number of hydrogen-bond acceptors (Lipinski definition) is 5. The molecule has 1 N–H and O–H groups in total. The summed E-state index contributed by atoms with van der Waals surface area (Å²) in [6, 6.07) is 13.8. The van der Waals surface area contributed by atoms with Crippen LogP contribution in [0.1, 0.15) is 42.1 Å². The van der Waals surface area contributed by atoms with E-state index in [-0.39, 0.29) is 5.91 Å². The molecule has 158 valence electrons. The van der Waals surface area contributed by atoms with Crippen LogP contribution < -0.4 is 5.32 Å². The van der Waals surface area contributed by atoms with Crippen molar-refractivity contribution in [3.8, 4) is 22.6 Å². The van der Waals surface area contributed by atoms with Crippen molar-refractivity contribution < 1.29 is 9.21 Å². The molecule has 0 aliphatic heterocycles. The Bertz CT molecular complexity index is 975. The number of rotatable bonds is 9. The van der Waals surface area contributed by atoms with Gasteiger partial charge in [0.25, 0.3) is 5.91 Å². The predicted octanol–water partition coefficient (Wildman–Crippen LogP) is 4.48. The van der Waals surface area contributed by atoms with Crippen molar-refractivity contribution in [3.05, 3.63) is 59.5 Å². The number of aromatic nitrogens is 2. The lowest BCUT2D eigenvalue weighted by Crippen LogP contribution is -2.29. The van der Waals surface area contributed by atoms with Crippen LogP contribution in [0.2, 0.25) is 0 Å². The van der Waals surface area contributed by atoms with Crippen molar-refractivity contribution in [2.45, 2.75) is 34.1 Å². The highest BCUT2D eigenvalue weighted by Crippen LogP contribution is 2.29. The third kappa shape index (κ3) is 5.33. The van der Waals surface area contributed by atoms with Crippen LogP contribution in [0.3, 0.4) is 0 Å².